The van der Waals surface area contributed by atoms with Crippen LogP contribution in [-0.2, 0) is 4.79 Å². The van der Waals surface area contributed by atoms with Crippen molar-refractivity contribution in [2.24, 2.45) is 40.9 Å². The van der Waals surface area contributed by atoms with Crippen molar-refractivity contribution in [1.82, 2.24) is 4.90 Å². The maximum absolute atomic E-state index is 13.6. The lowest BCUT2D eigenvalue weighted by Gasteiger charge is -2.57. The summed E-state index contributed by atoms with van der Waals surface area (Å²) in [5.74, 6) is 4.88. The van der Waals surface area contributed by atoms with Gasteiger partial charge in [-0.2, -0.15) is 0 Å². The number of nitrogens with zero attached hydrogens (tertiary/aromatic N) is 1. The van der Waals surface area contributed by atoms with Gasteiger partial charge in [-0.15, -0.1) is 0 Å². The number of carbonyl (C=O) groups excluding carboxylic acids is 1. The third-order valence-electron chi connectivity index (χ3n) is 10.5. The number of carbonyl (C=O) groups is 1. The van der Waals surface area contributed by atoms with Crippen LogP contribution in [0, 0.1) is 40.9 Å². The number of fused-ring (bicyclic) bond motifs is 5. The number of hydrogen-bond acceptors (Lipinski definition) is 2. The third-order valence-corrected chi connectivity index (χ3v) is 10.5. The van der Waals surface area contributed by atoms with E-state index in [0.29, 0.717) is 5.91 Å². The molecular formula is C26H43NO2. The fourth-order valence-corrected chi connectivity index (χ4v) is 9.00. The predicted octanol–water partition coefficient (Wildman–Crippen LogP) is 5.41. The van der Waals surface area contributed by atoms with Gasteiger partial charge in [-0.25, -0.2) is 0 Å². The molecule has 0 spiro atoms. The van der Waals surface area contributed by atoms with E-state index in [1.54, 1.807) is 0 Å². The van der Waals surface area contributed by atoms with E-state index in [-0.39, 0.29) is 11.3 Å². The summed E-state index contributed by atoms with van der Waals surface area (Å²) in [7, 11) is 0. The second-order valence-electron chi connectivity index (χ2n) is 12.1. The predicted molar refractivity (Wildman–Crippen MR) is 116 cm³/mol. The van der Waals surface area contributed by atoms with Gasteiger partial charge in [-0.1, -0.05) is 19.8 Å². The Bertz CT molecular complexity index is 622. The maximum Gasteiger partial charge on any atom is 0.226 e. The molecule has 1 aliphatic heterocycles. The highest BCUT2D eigenvalue weighted by atomic mass is 16.3. The van der Waals surface area contributed by atoms with Crippen LogP contribution in [0.4, 0.5) is 0 Å². The first kappa shape index (κ1) is 20.3. The average molecular weight is 402 g/mol. The third kappa shape index (κ3) is 3.48. The SMILES string of the molecule is C[C@@]1(O)CC[C@H]2[C@H](CC[C@@H]3[C@@H]2CC[C@]2(C)[C@@H](C(=O)N4CCCCCC4)CC[C@@H]32)C1. The number of hydrogen-bond donors (Lipinski definition) is 1. The van der Waals surface area contributed by atoms with Gasteiger partial charge in [0.05, 0.1) is 5.60 Å². The summed E-state index contributed by atoms with van der Waals surface area (Å²) < 4.78 is 0. The summed E-state index contributed by atoms with van der Waals surface area (Å²) in [5.41, 5.74) is -0.174. The highest BCUT2D eigenvalue weighted by molar-refractivity contribution is 5.80. The molecule has 3 heteroatoms. The van der Waals surface area contributed by atoms with Crippen molar-refractivity contribution in [1.29, 1.82) is 0 Å². The van der Waals surface area contributed by atoms with Gasteiger partial charge in [0.25, 0.3) is 0 Å². The first-order valence-electron chi connectivity index (χ1n) is 12.9. The topological polar surface area (TPSA) is 40.5 Å². The largest absolute Gasteiger partial charge is 0.390 e. The summed E-state index contributed by atoms with van der Waals surface area (Å²) in [4.78, 5) is 15.8. The Hall–Kier alpha value is -0.570. The van der Waals surface area contributed by atoms with Gasteiger partial charge >= 0.3 is 0 Å². The fourth-order valence-electron chi connectivity index (χ4n) is 9.00. The Labute approximate surface area is 178 Å². The van der Waals surface area contributed by atoms with Crippen LogP contribution in [-0.4, -0.2) is 34.6 Å². The molecule has 3 nitrogen and oxygen atoms in total. The highest BCUT2D eigenvalue weighted by Crippen LogP contribution is 2.64. The minimum Gasteiger partial charge on any atom is -0.390 e. The van der Waals surface area contributed by atoms with Crippen LogP contribution in [0.1, 0.15) is 97.3 Å². The van der Waals surface area contributed by atoms with E-state index < -0.39 is 5.60 Å². The molecule has 4 saturated carbocycles. The molecule has 1 heterocycles. The smallest absolute Gasteiger partial charge is 0.226 e. The molecule has 0 aromatic heterocycles. The zero-order valence-electron chi connectivity index (χ0n) is 18.9. The second kappa shape index (κ2) is 7.53. The molecule has 1 saturated heterocycles. The van der Waals surface area contributed by atoms with Gasteiger partial charge < -0.3 is 10.0 Å². The van der Waals surface area contributed by atoms with Crippen LogP contribution in [0.2, 0.25) is 0 Å². The van der Waals surface area contributed by atoms with Crippen molar-refractivity contribution >= 4 is 5.91 Å². The minimum absolute atomic E-state index is 0.248. The summed E-state index contributed by atoms with van der Waals surface area (Å²) >= 11 is 0. The highest BCUT2D eigenvalue weighted by Gasteiger charge is 2.59. The Morgan fingerprint density at radius 2 is 1.55 bits per heavy atom. The number of rotatable bonds is 1. The van der Waals surface area contributed by atoms with Gasteiger partial charge in [-0.3, -0.25) is 4.79 Å². The van der Waals surface area contributed by atoms with E-state index in [9.17, 15) is 9.90 Å². The lowest BCUT2D eigenvalue weighted by Crippen LogP contribution is -2.52. The lowest BCUT2D eigenvalue weighted by atomic mass is 9.49. The van der Waals surface area contributed by atoms with Crippen LogP contribution in [0.15, 0.2) is 0 Å². The molecule has 29 heavy (non-hydrogen) atoms. The summed E-state index contributed by atoms with van der Waals surface area (Å²) in [6, 6.07) is 0. The number of amides is 1. The zero-order valence-corrected chi connectivity index (χ0v) is 18.9. The number of aliphatic hydroxyl groups is 1. The molecule has 0 unspecified atom stereocenters. The van der Waals surface area contributed by atoms with E-state index in [2.05, 4.69) is 18.7 Å². The molecule has 4 aliphatic carbocycles. The molecule has 0 radical (unpaired) electrons. The molecule has 0 aromatic carbocycles. The minimum atomic E-state index is -0.421. The van der Waals surface area contributed by atoms with Crippen LogP contribution < -0.4 is 0 Å². The second-order valence-corrected chi connectivity index (χ2v) is 12.1. The van der Waals surface area contributed by atoms with Crippen LogP contribution in [0.3, 0.4) is 0 Å². The van der Waals surface area contributed by atoms with Gasteiger partial charge in [0, 0.05) is 19.0 Å². The van der Waals surface area contributed by atoms with Gasteiger partial charge in [0.2, 0.25) is 5.91 Å². The van der Waals surface area contributed by atoms with Crippen molar-refractivity contribution in [2.75, 3.05) is 13.1 Å². The van der Waals surface area contributed by atoms with E-state index in [1.165, 1.54) is 64.2 Å². The van der Waals surface area contributed by atoms with Crippen molar-refractivity contribution in [3.63, 3.8) is 0 Å². The molecule has 0 aromatic rings. The van der Waals surface area contributed by atoms with Crippen molar-refractivity contribution in [3.05, 3.63) is 0 Å². The molecule has 5 rings (SSSR count). The molecule has 5 fully saturated rings. The molecule has 1 N–H and O–H groups in total. The quantitative estimate of drug-likeness (QED) is 0.638. The van der Waals surface area contributed by atoms with E-state index in [4.69, 9.17) is 0 Å². The molecule has 164 valence electrons. The van der Waals surface area contributed by atoms with Crippen molar-refractivity contribution in [3.8, 4) is 0 Å². The fraction of sp³-hybridized carbons (Fsp3) is 0.962. The zero-order chi connectivity index (χ0) is 20.2. The maximum atomic E-state index is 13.6. The summed E-state index contributed by atoms with van der Waals surface area (Å²) in [6.45, 7) is 6.57. The molecular weight excluding hydrogens is 358 g/mol. The first-order valence-corrected chi connectivity index (χ1v) is 12.9. The van der Waals surface area contributed by atoms with E-state index in [0.717, 1.165) is 61.9 Å². The Kier molecular flexibility index (Phi) is 5.28. The van der Waals surface area contributed by atoms with Gasteiger partial charge in [0.15, 0.2) is 0 Å². The van der Waals surface area contributed by atoms with Gasteiger partial charge in [0.1, 0.15) is 0 Å². The lowest BCUT2D eigenvalue weighted by molar-refractivity contribution is -0.144. The summed E-state index contributed by atoms with van der Waals surface area (Å²) in [5, 5.41) is 10.6. The summed E-state index contributed by atoms with van der Waals surface area (Å²) in [6.07, 6.45) is 16.0. The monoisotopic (exact) mass is 401 g/mol. The van der Waals surface area contributed by atoms with Crippen LogP contribution >= 0.6 is 0 Å². The normalized spacial score (nSPS) is 50.2. The number of likely N-dealkylation sites (tertiary alicyclic amines) is 1. The molecule has 5 aliphatic rings. The Morgan fingerprint density at radius 1 is 0.828 bits per heavy atom. The van der Waals surface area contributed by atoms with Crippen LogP contribution in [0.25, 0.3) is 0 Å². The molecule has 8 atom stereocenters. The van der Waals surface area contributed by atoms with Crippen molar-refractivity contribution < 1.29 is 9.90 Å². The molecule has 0 bridgehead atoms. The molecule has 1 amide bonds. The van der Waals surface area contributed by atoms with E-state index >= 15 is 0 Å². The standard InChI is InChI=1S/C26H43NO2/c1-25(29)13-11-19-18(17-25)7-8-21-20(19)12-14-26(2)22(21)9-10-23(26)24(28)27-15-5-3-4-6-16-27/h18-23,29H,3-17H2,1-2H3/t18-,19+,20-,21-,22+,23-,25-,26+/m1/s1. The first-order chi connectivity index (χ1) is 13.9. The Morgan fingerprint density at radius 3 is 2.31 bits per heavy atom. The van der Waals surface area contributed by atoms with E-state index in [1.807, 2.05) is 0 Å². The van der Waals surface area contributed by atoms with Crippen LogP contribution in [0.5, 0.6) is 0 Å². The van der Waals surface area contributed by atoms with Gasteiger partial charge in [-0.05, 0) is 113 Å². The Balaban J connectivity index is 1.31. The average Bonchev–Trinajstić information content (AvgIpc) is 2.86. The van der Waals surface area contributed by atoms with Crippen molar-refractivity contribution in [2.45, 2.75) is 103 Å².